The minimum absolute atomic E-state index is 0.183. The van der Waals surface area contributed by atoms with Crippen LogP contribution in [0.3, 0.4) is 0 Å². The molecule has 1 aliphatic rings. The number of nitrogens with two attached hydrogens (primary N) is 1. The lowest BCUT2D eigenvalue weighted by Gasteiger charge is -2.20. The number of hydrogen-bond donors (Lipinski definition) is 2. The summed E-state index contributed by atoms with van der Waals surface area (Å²) in [5.74, 6) is 0.294. The summed E-state index contributed by atoms with van der Waals surface area (Å²) in [6.07, 6.45) is 3.48. The number of rotatable bonds is 8. The van der Waals surface area contributed by atoms with Gasteiger partial charge in [-0.25, -0.2) is 0 Å². The van der Waals surface area contributed by atoms with E-state index in [0.29, 0.717) is 18.6 Å². The first-order chi connectivity index (χ1) is 7.49. The zero-order chi connectivity index (χ0) is 12.1. The van der Waals surface area contributed by atoms with Gasteiger partial charge in [0.05, 0.1) is 12.7 Å². The van der Waals surface area contributed by atoms with Crippen LogP contribution in [0.1, 0.15) is 40.0 Å². The fourth-order valence-electron chi connectivity index (χ4n) is 1.74. The molecule has 16 heavy (non-hydrogen) atoms. The highest BCUT2D eigenvalue weighted by atomic mass is 16.5. The Morgan fingerprint density at radius 2 is 2.06 bits per heavy atom. The van der Waals surface area contributed by atoms with E-state index in [1.165, 1.54) is 0 Å². The van der Waals surface area contributed by atoms with E-state index in [1.807, 2.05) is 6.92 Å². The lowest BCUT2D eigenvalue weighted by atomic mass is 10.1. The van der Waals surface area contributed by atoms with Crippen LogP contribution in [0.5, 0.6) is 0 Å². The van der Waals surface area contributed by atoms with Crippen LogP contribution >= 0.6 is 0 Å². The van der Waals surface area contributed by atoms with E-state index in [-0.39, 0.29) is 18.1 Å². The summed E-state index contributed by atoms with van der Waals surface area (Å²) in [5.41, 5.74) is 5.32. The highest BCUT2D eigenvalue weighted by Crippen LogP contribution is 2.19. The van der Waals surface area contributed by atoms with Gasteiger partial charge >= 0.3 is 0 Å². The van der Waals surface area contributed by atoms with Gasteiger partial charge in [0.2, 0.25) is 5.91 Å². The van der Waals surface area contributed by atoms with Crippen LogP contribution in [0.15, 0.2) is 0 Å². The Labute approximate surface area is 97.9 Å². The maximum Gasteiger partial charge on any atom is 0.236 e. The molecule has 0 bridgehead atoms. The lowest BCUT2D eigenvalue weighted by molar-refractivity contribution is -0.122. The Hall–Kier alpha value is -0.610. The third-order valence-electron chi connectivity index (χ3n) is 2.71. The summed E-state index contributed by atoms with van der Waals surface area (Å²) >= 11 is 0. The van der Waals surface area contributed by atoms with Gasteiger partial charge in [-0.05, 0) is 32.1 Å². The molecule has 1 amide bonds. The van der Waals surface area contributed by atoms with Crippen molar-refractivity contribution in [1.82, 2.24) is 5.32 Å². The third kappa shape index (κ3) is 5.47. The molecule has 1 aliphatic carbocycles. The first-order valence-corrected chi connectivity index (χ1v) is 6.16. The Morgan fingerprint density at radius 3 is 2.50 bits per heavy atom. The van der Waals surface area contributed by atoms with Gasteiger partial charge in [0.15, 0.2) is 0 Å². The molecule has 2 atom stereocenters. The van der Waals surface area contributed by atoms with Crippen molar-refractivity contribution >= 4 is 5.91 Å². The zero-order valence-electron chi connectivity index (χ0n) is 10.5. The van der Waals surface area contributed by atoms with Gasteiger partial charge in [0, 0.05) is 6.04 Å². The van der Waals surface area contributed by atoms with Crippen molar-refractivity contribution < 1.29 is 9.53 Å². The zero-order valence-corrected chi connectivity index (χ0v) is 10.5. The molecule has 0 heterocycles. The van der Waals surface area contributed by atoms with Gasteiger partial charge < -0.3 is 15.8 Å². The molecule has 0 saturated heterocycles. The quantitative estimate of drug-likeness (QED) is 0.652. The molecule has 3 N–H and O–H groups in total. The lowest BCUT2D eigenvalue weighted by Crippen LogP contribution is -2.46. The molecule has 0 aromatic carbocycles. The molecule has 94 valence electrons. The number of hydrogen-bond acceptors (Lipinski definition) is 3. The monoisotopic (exact) mass is 228 g/mol. The van der Waals surface area contributed by atoms with Gasteiger partial charge in [-0.1, -0.05) is 13.8 Å². The van der Waals surface area contributed by atoms with Crippen LogP contribution < -0.4 is 11.1 Å². The summed E-state index contributed by atoms with van der Waals surface area (Å²) in [5, 5.41) is 3.20. The van der Waals surface area contributed by atoms with Crippen LogP contribution in [0.2, 0.25) is 0 Å². The minimum atomic E-state index is -0.331. The summed E-state index contributed by atoms with van der Waals surface area (Å²) < 4.78 is 5.64. The normalized spacial score (nSPS) is 19.8. The predicted octanol–water partition coefficient (Wildman–Crippen LogP) is 1.04. The highest BCUT2D eigenvalue weighted by molar-refractivity contribution is 5.80. The van der Waals surface area contributed by atoms with E-state index < -0.39 is 0 Å². The molecule has 1 saturated carbocycles. The fourth-order valence-corrected chi connectivity index (χ4v) is 1.74. The van der Waals surface area contributed by atoms with Crippen LogP contribution in [-0.4, -0.2) is 30.7 Å². The summed E-state index contributed by atoms with van der Waals surface area (Å²) in [7, 11) is 0. The summed E-state index contributed by atoms with van der Waals surface area (Å²) in [6, 6.07) is 0.142. The largest absolute Gasteiger partial charge is 0.376 e. The second kappa shape index (κ2) is 6.21. The summed E-state index contributed by atoms with van der Waals surface area (Å²) in [6.45, 7) is 6.75. The molecule has 0 aliphatic heterocycles. The average molecular weight is 228 g/mol. The fraction of sp³-hybridized carbons (Fsp3) is 0.917. The van der Waals surface area contributed by atoms with E-state index >= 15 is 0 Å². The number of ether oxygens (including phenoxy) is 1. The molecule has 0 aromatic rings. The van der Waals surface area contributed by atoms with Crippen molar-refractivity contribution in [1.29, 1.82) is 0 Å². The smallest absolute Gasteiger partial charge is 0.236 e. The molecule has 4 nitrogen and oxygen atoms in total. The Balaban J connectivity index is 2.22. The molecule has 4 heteroatoms. The van der Waals surface area contributed by atoms with Crippen LogP contribution in [-0.2, 0) is 9.53 Å². The van der Waals surface area contributed by atoms with Crippen molar-refractivity contribution in [2.24, 2.45) is 11.7 Å². The number of amides is 1. The molecule has 2 unspecified atom stereocenters. The second-order valence-corrected chi connectivity index (χ2v) is 5.17. The Bertz CT molecular complexity index is 227. The maximum atomic E-state index is 11.2. The van der Waals surface area contributed by atoms with Crippen molar-refractivity contribution in [3.8, 4) is 0 Å². The molecular weight excluding hydrogens is 204 g/mol. The molecule has 1 fully saturated rings. The maximum absolute atomic E-state index is 11.2. The van der Waals surface area contributed by atoms with Crippen molar-refractivity contribution in [3.05, 3.63) is 0 Å². The minimum Gasteiger partial charge on any atom is -0.376 e. The van der Waals surface area contributed by atoms with Crippen molar-refractivity contribution in [2.45, 2.75) is 58.2 Å². The first kappa shape index (κ1) is 13.5. The van der Waals surface area contributed by atoms with Gasteiger partial charge in [-0.3, -0.25) is 4.79 Å². The SMILES string of the molecule is CC(C)CC(C)OCC(NC1CC1)C(N)=O. The molecular formula is C12H24N2O2. The number of carbonyl (C=O) groups excluding carboxylic acids is 1. The predicted molar refractivity (Wildman–Crippen MR) is 64.0 cm³/mol. The highest BCUT2D eigenvalue weighted by Gasteiger charge is 2.27. The van der Waals surface area contributed by atoms with E-state index in [4.69, 9.17) is 10.5 Å². The molecule has 0 spiro atoms. The van der Waals surface area contributed by atoms with Gasteiger partial charge in [0.25, 0.3) is 0 Å². The Kier molecular flexibility index (Phi) is 5.22. The number of primary amides is 1. The second-order valence-electron chi connectivity index (χ2n) is 5.17. The molecule has 0 aromatic heterocycles. The molecule has 1 rings (SSSR count). The molecule has 0 radical (unpaired) electrons. The first-order valence-electron chi connectivity index (χ1n) is 6.16. The number of nitrogens with one attached hydrogen (secondary N) is 1. The van der Waals surface area contributed by atoms with E-state index in [1.54, 1.807) is 0 Å². The Morgan fingerprint density at radius 1 is 1.44 bits per heavy atom. The average Bonchev–Trinajstić information content (AvgIpc) is 2.93. The van der Waals surface area contributed by atoms with Gasteiger partial charge in [-0.2, -0.15) is 0 Å². The van der Waals surface area contributed by atoms with Crippen LogP contribution in [0, 0.1) is 5.92 Å². The standard InChI is InChI=1S/C12H24N2O2/c1-8(2)6-9(3)16-7-11(12(13)15)14-10-4-5-10/h8-11,14H,4-7H2,1-3H3,(H2,13,15). The van der Waals surface area contributed by atoms with E-state index in [0.717, 1.165) is 19.3 Å². The van der Waals surface area contributed by atoms with E-state index in [9.17, 15) is 4.79 Å². The summed E-state index contributed by atoms with van der Waals surface area (Å²) in [4.78, 5) is 11.2. The van der Waals surface area contributed by atoms with Crippen LogP contribution in [0.25, 0.3) is 0 Å². The van der Waals surface area contributed by atoms with Crippen molar-refractivity contribution in [2.75, 3.05) is 6.61 Å². The van der Waals surface area contributed by atoms with Crippen molar-refractivity contribution in [3.63, 3.8) is 0 Å². The van der Waals surface area contributed by atoms with E-state index in [2.05, 4.69) is 19.2 Å². The third-order valence-corrected chi connectivity index (χ3v) is 2.71. The van der Waals surface area contributed by atoms with Crippen LogP contribution in [0.4, 0.5) is 0 Å². The topological polar surface area (TPSA) is 64.3 Å². The van der Waals surface area contributed by atoms with Gasteiger partial charge in [-0.15, -0.1) is 0 Å². The number of carbonyl (C=O) groups is 1. The van der Waals surface area contributed by atoms with Gasteiger partial charge in [0.1, 0.15) is 6.04 Å².